The molecule has 3 N–H and O–H groups in total. The Labute approximate surface area is 111 Å². The molecule has 0 saturated heterocycles. The summed E-state index contributed by atoms with van der Waals surface area (Å²) >= 11 is 0. The summed E-state index contributed by atoms with van der Waals surface area (Å²) in [5.41, 5.74) is 8.31. The summed E-state index contributed by atoms with van der Waals surface area (Å²) in [5, 5.41) is 8.71. The van der Waals surface area contributed by atoms with Crippen LogP contribution in [-0.4, -0.2) is 30.2 Å². The summed E-state index contributed by atoms with van der Waals surface area (Å²) in [6.07, 6.45) is 4.45. The average Bonchev–Trinajstić information content (AvgIpc) is 2.39. The Morgan fingerprint density at radius 1 is 1.06 bits per heavy atom. The minimum atomic E-state index is 0.319. The van der Waals surface area contributed by atoms with Gasteiger partial charge in [0.15, 0.2) is 0 Å². The van der Waals surface area contributed by atoms with Crippen molar-refractivity contribution in [3.8, 4) is 0 Å². The fraction of sp³-hybridized carbons (Fsp3) is 0.600. The van der Waals surface area contributed by atoms with Crippen molar-refractivity contribution in [2.75, 3.05) is 20.2 Å². The third kappa shape index (κ3) is 5.63. The van der Waals surface area contributed by atoms with Gasteiger partial charge in [-0.25, -0.2) is 0 Å². The van der Waals surface area contributed by atoms with Gasteiger partial charge >= 0.3 is 0 Å². The Balaban J connectivity index is 2.28. The van der Waals surface area contributed by atoms with Crippen molar-refractivity contribution in [2.24, 2.45) is 5.73 Å². The van der Waals surface area contributed by atoms with Crippen LogP contribution in [0.4, 0.5) is 0 Å². The molecule has 1 aromatic carbocycles. The van der Waals surface area contributed by atoms with Gasteiger partial charge in [0.25, 0.3) is 0 Å². The monoisotopic (exact) mass is 250 g/mol. The van der Waals surface area contributed by atoms with Gasteiger partial charge in [-0.1, -0.05) is 37.1 Å². The summed E-state index contributed by atoms with van der Waals surface area (Å²) in [4.78, 5) is 2.34. The molecule has 0 heterocycles. The maximum absolute atomic E-state index is 8.71. The average molecular weight is 250 g/mol. The van der Waals surface area contributed by atoms with E-state index in [-0.39, 0.29) is 0 Å². The van der Waals surface area contributed by atoms with E-state index < -0.39 is 0 Å². The van der Waals surface area contributed by atoms with Crippen LogP contribution >= 0.6 is 0 Å². The fourth-order valence-electron chi connectivity index (χ4n) is 2.13. The molecule has 0 aromatic heterocycles. The van der Waals surface area contributed by atoms with Crippen molar-refractivity contribution >= 4 is 0 Å². The highest BCUT2D eigenvalue weighted by molar-refractivity contribution is 5.26. The minimum Gasteiger partial charge on any atom is -0.396 e. The Bertz CT molecular complexity index is 328. The lowest BCUT2D eigenvalue weighted by Crippen LogP contribution is -2.20. The van der Waals surface area contributed by atoms with Crippen LogP contribution < -0.4 is 5.73 Å². The van der Waals surface area contributed by atoms with Gasteiger partial charge in [0.05, 0.1) is 0 Å². The standard InChI is InChI=1S/C15H26N2O/c1-17(10-6-2-3-7-11-18)13-15-9-5-4-8-14(15)12-16/h4-5,8-9,18H,2-3,6-7,10-13,16H2,1H3. The third-order valence-electron chi connectivity index (χ3n) is 3.23. The molecule has 0 aliphatic carbocycles. The number of rotatable bonds is 9. The van der Waals surface area contributed by atoms with E-state index in [1.807, 2.05) is 6.07 Å². The first-order valence-corrected chi connectivity index (χ1v) is 6.84. The van der Waals surface area contributed by atoms with E-state index in [0.29, 0.717) is 13.2 Å². The molecule has 0 unspecified atom stereocenters. The van der Waals surface area contributed by atoms with Crippen molar-refractivity contribution in [3.05, 3.63) is 35.4 Å². The largest absolute Gasteiger partial charge is 0.396 e. The van der Waals surface area contributed by atoms with E-state index in [1.165, 1.54) is 24.0 Å². The van der Waals surface area contributed by atoms with Crippen molar-refractivity contribution in [1.29, 1.82) is 0 Å². The maximum Gasteiger partial charge on any atom is 0.0431 e. The zero-order chi connectivity index (χ0) is 13.2. The number of unbranched alkanes of at least 4 members (excludes halogenated alkanes) is 3. The van der Waals surface area contributed by atoms with Gasteiger partial charge in [0.2, 0.25) is 0 Å². The van der Waals surface area contributed by atoms with E-state index in [1.54, 1.807) is 0 Å². The molecule has 0 saturated carbocycles. The predicted molar refractivity (Wildman–Crippen MR) is 76.2 cm³/mol. The van der Waals surface area contributed by atoms with Gasteiger partial charge in [0.1, 0.15) is 0 Å². The smallest absolute Gasteiger partial charge is 0.0431 e. The van der Waals surface area contributed by atoms with E-state index in [2.05, 4.69) is 30.1 Å². The predicted octanol–water partition coefficient (Wildman–Crippen LogP) is 2.13. The van der Waals surface area contributed by atoms with Crippen molar-refractivity contribution in [1.82, 2.24) is 4.90 Å². The first-order chi connectivity index (χ1) is 8.77. The highest BCUT2D eigenvalue weighted by atomic mass is 16.2. The Morgan fingerprint density at radius 3 is 2.39 bits per heavy atom. The Hall–Kier alpha value is -0.900. The molecule has 0 atom stereocenters. The first-order valence-electron chi connectivity index (χ1n) is 6.84. The van der Waals surface area contributed by atoms with Gasteiger partial charge in [0, 0.05) is 19.7 Å². The van der Waals surface area contributed by atoms with Gasteiger partial charge in [-0.2, -0.15) is 0 Å². The number of aliphatic hydroxyl groups excluding tert-OH is 1. The number of hydrogen-bond acceptors (Lipinski definition) is 3. The molecule has 102 valence electrons. The highest BCUT2D eigenvalue weighted by Gasteiger charge is 2.03. The number of hydrogen-bond donors (Lipinski definition) is 2. The van der Waals surface area contributed by atoms with Crippen LogP contribution in [0.15, 0.2) is 24.3 Å². The molecule has 0 aliphatic rings. The van der Waals surface area contributed by atoms with Crippen LogP contribution in [0.2, 0.25) is 0 Å². The topological polar surface area (TPSA) is 49.5 Å². The van der Waals surface area contributed by atoms with Crippen LogP contribution in [0.1, 0.15) is 36.8 Å². The summed E-state index contributed by atoms with van der Waals surface area (Å²) in [6, 6.07) is 8.37. The number of aliphatic hydroxyl groups is 1. The Morgan fingerprint density at radius 2 is 1.72 bits per heavy atom. The molecule has 18 heavy (non-hydrogen) atoms. The second kappa shape index (κ2) is 9.09. The van der Waals surface area contributed by atoms with Crippen molar-refractivity contribution in [3.63, 3.8) is 0 Å². The van der Waals surface area contributed by atoms with Gasteiger partial charge in [-0.3, -0.25) is 0 Å². The van der Waals surface area contributed by atoms with E-state index in [0.717, 1.165) is 25.9 Å². The molecule has 0 spiro atoms. The number of benzene rings is 1. The van der Waals surface area contributed by atoms with Crippen molar-refractivity contribution < 1.29 is 5.11 Å². The molecule has 0 bridgehead atoms. The van der Waals surface area contributed by atoms with Gasteiger partial charge in [-0.15, -0.1) is 0 Å². The molecule has 0 aliphatic heterocycles. The van der Waals surface area contributed by atoms with E-state index >= 15 is 0 Å². The third-order valence-corrected chi connectivity index (χ3v) is 3.23. The van der Waals surface area contributed by atoms with Crippen LogP contribution in [0.3, 0.4) is 0 Å². The highest BCUT2D eigenvalue weighted by Crippen LogP contribution is 2.11. The zero-order valence-electron chi connectivity index (χ0n) is 11.4. The van der Waals surface area contributed by atoms with Crippen LogP contribution in [0.5, 0.6) is 0 Å². The number of nitrogens with zero attached hydrogens (tertiary/aromatic N) is 1. The normalized spacial score (nSPS) is 11.1. The fourth-order valence-corrected chi connectivity index (χ4v) is 2.13. The SMILES string of the molecule is CN(CCCCCCO)Cc1ccccc1CN. The second-order valence-corrected chi connectivity index (χ2v) is 4.85. The maximum atomic E-state index is 8.71. The molecule has 3 nitrogen and oxygen atoms in total. The summed E-state index contributed by atoms with van der Waals surface area (Å²) in [6.45, 7) is 3.00. The summed E-state index contributed by atoms with van der Waals surface area (Å²) in [5.74, 6) is 0. The lowest BCUT2D eigenvalue weighted by molar-refractivity contribution is 0.277. The lowest BCUT2D eigenvalue weighted by atomic mass is 10.1. The number of nitrogens with two attached hydrogens (primary N) is 1. The first kappa shape index (κ1) is 15.2. The molecule has 0 amide bonds. The van der Waals surface area contributed by atoms with E-state index in [9.17, 15) is 0 Å². The molecule has 1 aromatic rings. The van der Waals surface area contributed by atoms with E-state index in [4.69, 9.17) is 10.8 Å². The molecule has 1 rings (SSSR count). The van der Waals surface area contributed by atoms with Crippen molar-refractivity contribution in [2.45, 2.75) is 38.8 Å². The second-order valence-electron chi connectivity index (χ2n) is 4.85. The summed E-state index contributed by atoms with van der Waals surface area (Å²) < 4.78 is 0. The summed E-state index contributed by atoms with van der Waals surface area (Å²) in [7, 11) is 2.15. The molecule has 3 heteroatoms. The lowest BCUT2D eigenvalue weighted by Gasteiger charge is -2.18. The minimum absolute atomic E-state index is 0.319. The Kier molecular flexibility index (Phi) is 7.65. The molecule has 0 fully saturated rings. The van der Waals surface area contributed by atoms with Crippen LogP contribution in [0.25, 0.3) is 0 Å². The molecular formula is C15H26N2O. The van der Waals surface area contributed by atoms with Crippen LogP contribution in [0, 0.1) is 0 Å². The molecular weight excluding hydrogens is 224 g/mol. The molecule has 0 radical (unpaired) electrons. The van der Waals surface area contributed by atoms with Gasteiger partial charge < -0.3 is 15.7 Å². The van der Waals surface area contributed by atoms with Gasteiger partial charge in [-0.05, 0) is 37.6 Å². The van der Waals surface area contributed by atoms with Crippen LogP contribution in [-0.2, 0) is 13.1 Å². The quantitative estimate of drug-likeness (QED) is 0.660. The zero-order valence-corrected chi connectivity index (χ0v) is 11.4.